The zero-order chi connectivity index (χ0) is 17.0. The number of hydrogen-bond donors (Lipinski definition) is 1. The molecule has 25 heavy (non-hydrogen) atoms. The molecule has 0 aliphatic rings. The number of rotatable bonds is 6. The van der Waals surface area contributed by atoms with Crippen molar-refractivity contribution in [1.82, 2.24) is 9.55 Å². The summed E-state index contributed by atoms with van der Waals surface area (Å²) in [6, 6.07) is 18.0. The summed E-state index contributed by atoms with van der Waals surface area (Å²) in [6.45, 7) is 5.98. The van der Waals surface area contributed by atoms with Crippen LogP contribution in [0.5, 0.6) is 0 Å². The van der Waals surface area contributed by atoms with E-state index in [4.69, 9.17) is 0 Å². The highest BCUT2D eigenvalue weighted by molar-refractivity contribution is 5.76. The third-order valence-electron chi connectivity index (χ3n) is 4.30. The van der Waals surface area contributed by atoms with E-state index in [9.17, 15) is 4.79 Å². The van der Waals surface area contributed by atoms with Crippen LogP contribution in [0.25, 0.3) is 10.9 Å². The van der Waals surface area contributed by atoms with Gasteiger partial charge in [-0.1, -0.05) is 42.5 Å². The highest BCUT2D eigenvalue weighted by Gasteiger charge is 2.21. The maximum atomic E-state index is 12.5. The van der Waals surface area contributed by atoms with Gasteiger partial charge in [0.05, 0.1) is 35.9 Å². The molecule has 2 N–H and O–H groups in total. The van der Waals surface area contributed by atoms with Gasteiger partial charge in [-0.2, -0.15) is 0 Å². The quantitative estimate of drug-likeness (QED) is 0.575. The molecule has 0 amide bonds. The van der Waals surface area contributed by atoms with Gasteiger partial charge in [-0.3, -0.25) is 9.36 Å². The number of quaternary nitrogens is 1. The lowest BCUT2D eigenvalue weighted by atomic mass is 9.95. The first-order valence-electron chi connectivity index (χ1n) is 8.38. The maximum absolute atomic E-state index is 12.5. The highest BCUT2D eigenvalue weighted by atomic mass is 79.9. The molecule has 0 saturated carbocycles. The summed E-state index contributed by atoms with van der Waals surface area (Å²) < 4.78 is 1.71. The van der Waals surface area contributed by atoms with E-state index in [1.807, 2.05) is 30.3 Å². The molecule has 0 bridgehead atoms. The van der Waals surface area contributed by atoms with E-state index in [1.165, 1.54) is 5.56 Å². The molecule has 4 nitrogen and oxygen atoms in total. The van der Waals surface area contributed by atoms with Gasteiger partial charge in [-0.25, -0.2) is 4.98 Å². The molecule has 0 saturated heterocycles. The molecule has 0 aliphatic heterocycles. The largest absolute Gasteiger partial charge is 1.00 e. The fourth-order valence-electron chi connectivity index (χ4n) is 3.05. The number of halogens is 1. The molecule has 5 heteroatoms. The molecule has 0 unspecified atom stereocenters. The van der Waals surface area contributed by atoms with Crippen LogP contribution in [-0.4, -0.2) is 21.6 Å². The second kappa shape index (κ2) is 8.41. The molecule has 0 spiro atoms. The van der Waals surface area contributed by atoms with E-state index < -0.39 is 0 Å². The van der Waals surface area contributed by atoms with E-state index in [0.717, 1.165) is 18.5 Å². The standard InChI is InChI=1S/C20H23N3O.BrH/c1-20(2,14-16-8-4-3-5-9-16)22-12-13-23-15-21-18-11-7-6-10-17(18)19(23)24;/h3-11,15,22H,12-14H2,1-2H3;1H. The third-order valence-corrected chi connectivity index (χ3v) is 4.30. The van der Waals surface area contributed by atoms with E-state index in [-0.39, 0.29) is 28.1 Å². The summed E-state index contributed by atoms with van der Waals surface area (Å²) in [5, 5.41) is 2.99. The molecule has 132 valence electrons. The van der Waals surface area contributed by atoms with Crippen molar-refractivity contribution in [3.8, 4) is 0 Å². The molecule has 1 heterocycles. The summed E-state index contributed by atoms with van der Waals surface area (Å²) in [6.07, 6.45) is 2.65. The number of benzene rings is 2. The fraction of sp³-hybridized carbons (Fsp3) is 0.300. The zero-order valence-electron chi connectivity index (χ0n) is 14.7. The lowest BCUT2D eigenvalue weighted by Gasteiger charge is -2.23. The average Bonchev–Trinajstić information content (AvgIpc) is 2.57. The number of nitrogens with zero attached hydrogens (tertiary/aromatic N) is 2. The Kier molecular flexibility index (Phi) is 6.51. The monoisotopic (exact) mass is 401 g/mol. The Bertz CT molecular complexity index is 875. The number of fused-ring (bicyclic) bond motifs is 1. The number of hydrogen-bond acceptors (Lipinski definition) is 2. The van der Waals surface area contributed by atoms with Crippen LogP contribution in [0.1, 0.15) is 19.4 Å². The van der Waals surface area contributed by atoms with E-state index in [1.54, 1.807) is 10.9 Å². The minimum Gasteiger partial charge on any atom is -1.00 e. The van der Waals surface area contributed by atoms with Crippen molar-refractivity contribution in [2.45, 2.75) is 32.4 Å². The predicted molar refractivity (Wildman–Crippen MR) is 97.0 cm³/mol. The number of nitrogens with two attached hydrogens (primary N) is 1. The van der Waals surface area contributed by atoms with Crippen molar-refractivity contribution < 1.29 is 22.3 Å². The van der Waals surface area contributed by atoms with Gasteiger partial charge < -0.3 is 22.3 Å². The Morgan fingerprint density at radius 2 is 1.72 bits per heavy atom. The van der Waals surface area contributed by atoms with Crippen molar-refractivity contribution in [1.29, 1.82) is 0 Å². The van der Waals surface area contributed by atoms with Gasteiger partial charge in [0.2, 0.25) is 0 Å². The van der Waals surface area contributed by atoms with Crippen LogP contribution < -0.4 is 27.9 Å². The second-order valence-electron chi connectivity index (χ2n) is 6.90. The molecule has 3 aromatic rings. The molecule has 0 radical (unpaired) electrons. The van der Waals surface area contributed by atoms with Crippen LogP contribution in [-0.2, 0) is 13.0 Å². The van der Waals surface area contributed by atoms with Gasteiger partial charge in [0.25, 0.3) is 5.56 Å². The van der Waals surface area contributed by atoms with Crippen LogP contribution in [0, 0.1) is 0 Å². The van der Waals surface area contributed by atoms with Crippen molar-refractivity contribution >= 4 is 10.9 Å². The average molecular weight is 402 g/mol. The fourth-order valence-corrected chi connectivity index (χ4v) is 3.05. The predicted octanol–water partition coefficient (Wildman–Crippen LogP) is -1.01. The minimum atomic E-state index is 0. The van der Waals surface area contributed by atoms with Crippen LogP contribution in [0.15, 0.2) is 65.7 Å². The SMILES string of the molecule is CC(C)(Cc1ccccc1)[NH2+]CCn1cnc2ccccc2c1=O.[Br-]. The third kappa shape index (κ3) is 5.00. The van der Waals surface area contributed by atoms with Crippen molar-refractivity contribution in [2.24, 2.45) is 0 Å². The summed E-state index contributed by atoms with van der Waals surface area (Å²) in [5.74, 6) is 0. The Hall–Kier alpha value is -1.98. The summed E-state index contributed by atoms with van der Waals surface area (Å²) in [7, 11) is 0. The van der Waals surface area contributed by atoms with Crippen molar-refractivity contribution in [2.75, 3.05) is 6.54 Å². The van der Waals surface area contributed by atoms with Gasteiger partial charge in [0.15, 0.2) is 0 Å². The van der Waals surface area contributed by atoms with Crippen molar-refractivity contribution in [3.63, 3.8) is 0 Å². The second-order valence-corrected chi connectivity index (χ2v) is 6.90. The van der Waals surface area contributed by atoms with Gasteiger partial charge in [-0.05, 0) is 31.5 Å². The summed E-state index contributed by atoms with van der Waals surface area (Å²) in [5.41, 5.74) is 2.22. The molecule has 0 fully saturated rings. The number of aromatic nitrogens is 2. The molecule has 0 aliphatic carbocycles. The first-order chi connectivity index (χ1) is 11.6. The lowest BCUT2D eigenvalue weighted by molar-refractivity contribution is -0.721. The molecule has 3 rings (SSSR count). The first kappa shape index (κ1) is 19.3. The van der Waals surface area contributed by atoms with Gasteiger partial charge in [0.1, 0.15) is 0 Å². The van der Waals surface area contributed by atoms with E-state index in [0.29, 0.717) is 11.9 Å². The minimum absolute atomic E-state index is 0. The van der Waals surface area contributed by atoms with Gasteiger partial charge in [0, 0.05) is 6.42 Å². The molecule has 2 aromatic carbocycles. The maximum Gasteiger partial charge on any atom is 0.261 e. The van der Waals surface area contributed by atoms with Crippen LogP contribution >= 0.6 is 0 Å². The first-order valence-corrected chi connectivity index (χ1v) is 8.38. The number of para-hydroxylation sites is 1. The normalized spacial score (nSPS) is 11.3. The Labute approximate surface area is 158 Å². The Morgan fingerprint density at radius 1 is 1.04 bits per heavy atom. The molecule has 1 aromatic heterocycles. The molecular weight excluding hydrogens is 378 g/mol. The highest BCUT2D eigenvalue weighted by Crippen LogP contribution is 2.08. The Morgan fingerprint density at radius 3 is 2.48 bits per heavy atom. The van der Waals surface area contributed by atoms with Crippen molar-refractivity contribution in [3.05, 3.63) is 76.8 Å². The van der Waals surface area contributed by atoms with E-state index in [2.05, 4.69) is 48.4 Å². The lowest BCUT2D eigenvalue weighted by Crippen LogP contribution is -3.00. The zero-order valence-corrected chi connectivity index (χ0v) is 16.2. The van der Waals surface area contributed by atoms with E-state index >= 15 is 0 Å². The Balaban J connectivity index is 0.00000225. The summed E-state index contributed by atoms with van der Waals surface area (Å²) in [4.78, 5) is 16.9. The van der Waals surface area contributed by atoms with Gasteiger partial charge >= 0.3 is 0 Å². The van der Waals surface area contributed by atoms with Crippen LogP contribution in [0.4, 0.5) is 0 Å². The van der Waals surface area contributed by atoms with Gasteiger partial charge in [-0.15, -0.1) is 0 Å². The van der Waals surface area contributed by atoms with Crippen LogP contribution in [0.2, 0.25) is 0 Å². The topological polar surface area (TPSA) is 51.5 Å². The molecular formula is C20H24BrN3O. The van der Waals surface area contributed by atoms with Crippen LogP contribution in [0.3, 0.4) is 0 Å². The molecule has 0 atom stereocenters. The summed E-state index contributed by atoms with van der Waals surface area (Å²) >= 11 is 0. The smallest absolute Gasteiger partial charge is 0.261 e.